The second kappa shape index (κ2) is 11.9. The second-order valence-electron chi connectivity index (χ2n) is 12.4. The molecule has 0 bridgehead atoms. The highest BCUT2D eigenvalue weighted by molar-refractivity contribution is 6.20. The van der Waals surface area contributed by atoms with Crippen LogP contribution in [0, 0.1) is 47.3 Å². The summed E-state index contributed by atoms with van der Waals surface area (Å²) >= 11 is 6.41. The Morgan fingerprint density at radius 3 is 2.53 bits per heavy atom. The molecule has 10 atom stereocenters. The third-order valence-corrected chi connectivity index (χ3v) is 10.3. The fourth-order valence-electron chi connectivity index (χ4n) is 7.43. The van der Waals surface area contributed by atoms with E-state index >= 15 is 0 Å². The summed E-state index contributed by atoms with van der Waals surface area (Å²) in [6.07, 6.45) is 9.53. The van der Waals surface area contributed by atoms with E-state index in [1.165, 1.54) is 0 Å². The summed E-state index contributed by atoms with van der Waals surface area (Å²) in [4.78, 5) is 18.0. The zero-order chi connectivity index (χ0) is 24.2. The largest absolute Gasteiger partial charge is 0.374 e. The molecule has 3 aliphatic carbocycles. The van der Waals surface area contributed by atoms with Gasteiger partial charge in [-0.3, -0.25) is 9.79 Å². The lowest BCUT2D eigenvalue weighted by Gasteiger charge is -2.44. The summed E-state index contributed by atoms with van der Waals surface area (Å²) in [5.41, 5.74) is 0. The Kier molecular flexibility index (Phi) is 9.20. The van der Waals surface area contributed by atoms with Crippen LogP contribution in [0.1, 0.15) is 85.0 Å². The molecule has 0 aromatic rings. The molecule has 4 rings (SSSR count). The van der Waals surface area contributed by atoms with E-state index in [0.29, 0.717) is 41.9 Å². The van der Waals surface area contributed by atoms with Crippen molar-refractivity contribution in [1.29, 1.82) is 0 Å². The van der Waals surface area contributed by atoms with E-state index in [0.717, 1.165) is 83.3 Å². The number of halogens is 2. The number of hydrogen-bond acceptors (Lipinski definition) is 3. The maximum Gasteiger partial charge on any atom is 0.223 e. The lowest BCUT2D eigenvalue weighted by molar-refractivity contribution is -0.128. The monoisotopic (exact) mass is 495 g/mol. The second-order valence-corrected chi connectivity index (χ2v) is 12.9. The summed E-state index contributed by atoms with van der Waals surface area (Å²) in [5, 5.41) is 7.22. The van der Waals surface area contributed by atoms with Gasteiger partial charge < -0.3 is 10.6 Å². The average molecular weight is 496 g/mol. The van der Waals surface area contributed by atoms with Gasteiger partial charge in [0.2, 0.25) is 5.91 Å². The number of alkyl halides is 2. The maximum atomic E-state index is 14.4. The Morgan fingerprint density at radius 2 is 1.79 bits per heavy atom. The van der Waals surface area contributed by atoms with Crippen molar-refractivity contribution in [3.05, 3.63) is 0 Å². The number of amidine groups is 1. The summed E-state index contributed by atoms with van der Waals surface area (Å²) in [5.74, 6) is 4.60. The van der Waals surface area contributed by atoms with Gasteiger partial charge in [0.15, 0.2) is 0 Å². The molecule has 194 valence electrons. The van der Waals surface area contributed by atoms with Crippen molar-refractivity contribution < 1.29 is 9.18 Å². The van der Waals surface area contributed by atoms with Crippen molar-refractivity contribution in [2.45, 2.75) is 96.5 Å². The van der Waals surface area contributed by atoms with Gasteiger partial charge in [0.25, 0.3) is 0 Å². The first-order chi connectivity index (χ1) is 16.3. The highest BCUT2D eigenvalue weighted by Crippen LogP contribution is 2.46. The van der Waals surface area contributed by atoms with Crippen LogP contribution in [-0.2, 0) is 4.79 Å². The van der Waals surface area contributed by atoms with Crippen LogP contribution in [0.15, 0.2) is 4.99 Å². The van der Waals surface area contributed by atoms with Gasteiger partial charge in [0.05, 0.1) is 5.84 Å². The standard InChI is InChI=1S/C28H47ClFN3O/c1-17-11-26(30)19(3)10-24(17)22-12-21(16-32-27-5-4-8-31-27)13-23(14-22)28(34)33-15-20-6-7-25(29)18(2)9-20/h17-26H,4-16H2,1-3H3,(H,31,32)(H,33,34). The van der Waals surface area contributed by atoms with Crippen molar-refractivity contribution in [1.82, 2.24) is 10.6 Å². The highest BCUT2D eigenvalue weighted by atomic mass is 35.5. The third-order valence-electron chi connectivity index (χ3n) is 9.61. The minimum Gasteiger partial charge on any atom is -0.374 e. The van der Waals surface area contributed by atoms with Gasteiger partial charge in [0.1, 0.15) is 6.17 Å². The Hall–Kier alpha value is -0.840. The Morgan fingerprint density at radius 1 is 0.971 bits per heavy atom. The molecule has 10 unspecified atom stereocenters. The summed E-state index contributed by atoms with van der Waals surface area (Å²) in [6, 6.07) is 0. The number of aliphatic imine (C=N–C) groups is 1. The summed E-state index contributed by atoms with van der Waals surface area (Å²) in [7, 11) is 0. The Bertz CT molecular complexity index is 718. The molecular weight excluding hydrogens is 449 g/mol. The van der Waals surface area contributed by atoms with E-state index in [1.807, 2.05) is 0 Å². The van der Waals surface area contributed by atoms with Crippen LogP contribution in [0.4, 0.5) is 4.39 Å². The molecule has 2 N–H and O–H groups in total. The molecule has 0 spiro atoms. The lowest BCUT2D eigenvalue weighted by Crippen LogP contribution is -2.44. The summed E-state index contributed by atoms with van der Waals surface area (Å²) < 4.78 is 14.4. The molecule has 0 radical (unpaired) electrons. The van der Waals surface area contributed by atoms with Crippen LogP contribution in [0.2, 0.25) is 0 Å². The first-order valence-electron chi connectivity index (χ1n) is 14.1. The molecule has 0 aromatic heterocycles. The number of rotatable bonds is 6. The predicted octanol–water partition coefficient (Wildman–Crippen LogP) is 5.98. The average Bonchev–Trinajstić information content (AvgIpc) is 3.34. The van der Waals surface area contributed by atoms with E-state index in [2.05, 4.69) is 36.4 Å². The van der Waals surface area contributed by atoms with Crippen LogP contribution in [0.25, 0.3) is 0 Å². The predicted molar refractivity (Wildman–Crippen MR) is 139 cm³/mol. The van der Waals surface area contributed by atoms with E-state index in [4.69, 9.17) is 11.6 Å². The number of nitrogens with zero attached hydrogens (tertiary/aromatic N) is 1. The van der Waals surface area contributed by atoms with E-state index in [-0.39, 0.29) is 23.1 Å². The molecule has 3 saturated carbocycles. The van der Waals surface area contributed by atoms with Gasteiger partial charge >= 0.3 is 0 Å². The van der Waals surface area contributed by atoms with Gasteiger partial charge in [-0.25, -0.2) is 4.39 Å². The maximum absolute atomic E-state index is 14.4. The Labute approximate surface area is 211 Å². The molecule has 0 saturated heterocycles. The lowest BCUT2D eigenvalue weighted by atomic mass is 9.62. The zero-order valence-corrected chi connectivity index (χ0v) is 22.3. The minimum absolute atomic E-state index is 0.0727. The topological polar surface area (TPSA) is 53.5 Å². The fraction of sp³-hybridized carbons (Fsp3) is 0.929. The molecule has 1 aliphatic heterocycles. The first kappa shape index (κ1) is 26.2. The minimum atomic E-state index is -0.669. The van der Waals surface area contributed by atoms with Crippen LogP contribution in [0.5, 0.6) is 0 Å². The molecule has 34 heavy (non-hydrogen) atoms. The van der Waals surface area contributed by atoms with Crippen molar-refractivity contribution in [3.63, 3.8) is 0 Å². The van der Waals surface area contributed by atoms with Gasteiger partial charge in [-0.2, -0.15) is 0 Å². The van der Waals surface area contributed by atoms with Crippen molar-refractivity contribution in [3.8, 4) is 0 Å². The molecule has 1 heterocycles. The van der Waals surface area contributed by atoms with E-state index in [1.54, 1.807) is 0 Å². The molecule has 3 fully saturated rings. The van der Waals surface area contributed by atoms with Crippen LogP contribution >= 0.6 is 11.6 Å². The van der Waals surface area contributed by atoms with Crippen LogP contribution < -0.4 is 10.6 Å². The number of carbonyl (C=O) groups excluding carboxylic acids is 1. The molecule has 1 amide bonds. The third kappa shape index (κ3) is 6.68. The van der Waals surface area contributed by atoms with Crippen LogP contribution in [0.3, 0.4) is 0 Å². The normalized spacial score (nSPS) is 43.3. The van der Waals surface area contributed by atoms with Crippen LogP contribution in [-0.4, -0.2) is 42.9 Å². The first-order valence-corrected chi connectivity index (χ1v) is 14.6. The van der Waals surface area contributed by atoms with Crippen molar-refractivity contribution in [2.75, 3.05) is 19.6 Å². The molecule has 6 heteroatoms. The van der Waals surface area contributed by atoms with Crippen molar-refractivity contribution >= 4 is 23.3 Å². The molecule has 4 aliphatic rings. The fourth-order valence-corrected chi connectivity index (χ4v) is 7.66. The molecular formula is C28H47ClFN3O. The number of nitrogens with one attached hydrogen (secondary N) is 2. The summed E-state index contributed by atoms with van der Waals surface area (Å²) in [6.45, 7) is 9.18. The van der Waals surface area contributed by atoms with Crippen molar-refractivity contribution in [2.24, 2.45) is 52.3 Å². The quantitative estimate of drug-likeness (QED) is 0.445. The molecule has 4 nitrogen and oxygen atoms in total. The number of amides is 1. The van der Waals surface area contributed by atoms with Gasteiger partial charge in [-0.05, 0) is 99.2 Å². The smallest absolute Gasteiger partial charge is 0.223 e. The van der Waals surface area contributed by atoms with E-state index < -0.39 is 6.17 Å². The van der Waals surface area contributed by atoms with Gasteiger partial charge in [-0.1, -0.05) is 20.8 Å². The Balaban J connectivity index is 1.37. The molecule has 0 aromatic carbocycles. The number of carbonyl (C=O) groups is 1. The number of hydrogen-bond donors (Lipinski definition) is 2. The van der Waals surface area contributed by atoms with E-state index in [9.17, 15) is 9.18 Å². The van der Waals surface area contributed by atoms with Gasteiger partial charge in [-0.15, -0.1) is 11.6 Å². The SMILES string of the molecule is CC1CC(C2CC(CNC3=NCCC3)CC(C(=O)NCC3CCC(Cl)C(C)C3)C2)C(C)CC1F. The zero-order valence-electron chi connectivity index (χ0n) is 21.6. The highest BCUT2D eigenvalue weighted by Gasteiger charge is 2.42. The van der Waals surface area contributed by atoms with Gasteiger partial charge in [0, 0.05) is 37.4 Å².